The van der Waals surface area contributed by atoms with Crippen LogP contribution in [0.25, 0.3) is 0 Å². The van der Waals surface area contributed by atoms with Crippen molar-refractivity contribution >= 4 is 18.3 Å². The standard InChI is InChI=1S/C10H17NO3.C2H4O2/c1-10(2,3)14-9(13)11-5-4-8(6-11)7-12;1-2(3)4/h7-8H,4-6H2,1-3H3;1H3,(H,3,4). The van der Waals surface area contributed by atoms with Gasteiger partial charge >= 0.3 is 6.09 Å². The Morgan fingerprint density at radius 3 is 2.22 bits per heavy atom. The zero-order chi connectivity index (χ0) is 14.3. The molecular formula is C12H21NO5. The topological polar surface area (TPSA) is 83.9 Å². The van der Waals surface area contributed by atoms with Gasteiger partial charge in [-0.05, 0) is 27.2 Å². The fraction of sp³-hybridized carbons (Fsp3) is 0.750. The minimum Gasteiger partial charge on any atom is -0.481 e. The quantitative estimate of drug-likeness (QED) is 0.722. The highest BCUT2D eigenvalue weighted by Crippen LogP contribution is 2.17. The molecule has 1 rings (SSSR count). The smallest absolute Gasteiger partial charge is 0.410 e. The maximum atomic E-state index is 11.5. The van der Waals surface area contributed by atoms with E-state index in [1.165, 1.54) is 0 Å². The number of carboxylic acids is 1. The molecule has 1 N–H and O–H groups in total. The molecule has 6 heteroatoms. The van der Waals surface area contributed by atoms with Gasteiger partial charge in [0.2, 0.25) is 0 Å². The number of aliphatic carboxylic acids is 1. The van der Waals surface area contributed by atoms with Crippen molar-refractivity contribution in [3.05, 3.63) is 0 Å². The lowest BCUT2D eigenvalue weighted by atomic mass is 10.1. The number of carbonyl (C=O) groups excluding carboxylic acids is 2. The summed E-state index contributed by atoms with van der Waals surface area (Å²) < 4.78 is 5.19. The molecule has 1 heterocycles. The van der Waals surface area contributed by atoms with Crippen molar-refractivity contribution in [1.29, 1.82) is 0 Å². The summed E-state index contributed by atoms with van der Waals surface area (Å²) in [5, 5.41) is 7.42. The second-order valence-electron chi connectivity index (χ2n) is 5.13. The third-order valence-electron chi connectivity index (χ3n) is 2.07. The first-order valence-electron chi connectivity index (χ1n) is 5.78. The van der Waals surface area contributed by atoms with Crippen LogP contribution in [-0.4, -0.2) is 47.0 Å². The highest BCUT2D eigenvalue weighted by molar-refractivity contribution is 5.69. The van der Waals surface area contributed by atoms with E-state index in [0.29, 0.717) is 13.1 Å². The first kappa shape index (κ1) is 16.4. The Labute approximate surface area is 107 Å². The van der Waals surface area contributed by atoms with Gasteiger partial charge in [-0.15, -0.1) is 0 Å². The van der Waals surface area contributed by atoms with Crippen molar-refractivity contribution in [3.63, 3.8) is 0 Å². The summed E-state index contributed by atoms with van der Waals surface area (Å²) >= 11 is 0. The number of nitrogens with zero attached hydrogens (tertiary/aromatic N) is 1. The fourth-order valence-electron chi connectivity index (χ4n) is 1.39. The van der Waals surface area contributed by atoms with E-state index in [2.05, 4.69) is 0 Å². The molecule has 1 fully saturated rings. The summed E-state index contributed by atoms with van der Waals surface area (Å²) in [6.07, 6.45) is 1.34. The molecule has 0 aromatic heterocycles. The Morgan fingerprint density at radius 1 is 1.39 bits per heavy atom. The van der Waals surface area contributed by atoms with Crippen molar-refractivity contribution in [2.24, 2.45) is 5.92 Å². The molecule has 1 saturated heterocycles. The third kappa shape index (κ3) is 7.65. The minimum atomic E-state index is -0.833. The zero-order valence-electron chi connectivity index (χ0n) is 11.3. The number of amides is 1. The van der Waals surface area contributed by atoms with Gasteiger partial charge in [0.05, 0.1) is 0 Å². The second-order valence-corrected chi connectivity index (χ2v) is 5.13. The van der Waals surface area contributed by atoms with Crippen molar-refractivity contribution in [2.45, 2.75) is 39.7 Å². The summed E-state index contributed by atoms with van der Waals surface area (Å²) in [7, 11) is 0. The van der Waals surface area contributed by atoms with E-state index in [4.69, 9.17) is 14.6 Å². The van der Waals surface area contributed by atoms with Crippen LogP contribution in [0.4, 0.5) is 4.79 Å². The molecule has 0 radical (unpaired) electrons. The predicted molar refractivity (Wildman–Crippen MR) is 65.3 cm³/mol. The molecule has 1 aliphatic heterocycles. The summed E-state index contributed by atoms with van der Waals surface area (Å²) in [5.74, 6) is -0.845. The summed E-state index contributed by atoms with van der Waals surface area (Å²) in [6.45, 7) is 7.70. The van der Waals surface area contributed by atoms with Gasteiger partial charge in [0.15, 0.2) is 0 Å². The molecule has 0 aromatic carbocycles. The Kier molecular flexibility index (Phi) is 6.36. The average molecular weight is 259 g/mol. The molecule has 18 heavy (non-hydrogen) atoms. The molecule has 0 aromatic rings. The number of ether oxygens (including phenoxy) is 1. The third-order valence-corrected chi connectivity index (χ3v) is 2.07. The van der Waals surface area contributed by atoms with Crippen LogP contribution in [0.5, 0.6) is 0 Å². The van der Waals surface area contributed by atoms with Gasteiger partial charge in [-0.25, -0.2) is 4.79 Å². The Hall–Kier alpha value is -1.59. The highest BCUT2D eigenvalue weighted by atomic mass is 16.6. The Bertz CT molecular complexity index is 304. The molecule has 1 amide bonds. The number of hydrogen-bond acceptors (Lipinski definition) is 4. The van der Waals surface area contributed by atoms with Crippen molar-refractivity contribution < 1.29 is 24.2 Å². The number of hydrogen-bond donors (Lipinski definition) is 1. The van der Waals surface area contributed by atoms with E-state index in [1.807, 2.05) is 20.8 Å². The zero-order valence-corrected chi connectivity index (χ0v) is 11.3. The molecule has 1 atom stereocenters. The summed E-state index contributed by atoms with van der Waals surface area (Å²) in [4.78, 5) is 32.6. The normalized spacial score (nSPS) is 18.7. The van der Waals surface area contributed by atoms with E-state index in [0.717, 1.165) is 19.6 Å². The number of rotatable bonds is 1. The highest BCUT2D eigenvalue weighted by Gasteiger charge is 2.29. The lowest BCUT2D eigenvalue weighted by Gasteiger charge is -2.24. The first-order chi connectivity index (χ1) is 8.15. The van der Waals surface area contributed by atoms with Gasteiger partial charge in [-0.2, -0.15) is 0 Å². The predicted octanol–water partition coefficient (Wildman–Crippen LogP) is 1.53. The SMILES string of the molecule is CC(=O)O.CC(C)(C)OC(=O)N1CCC(C=O)C1. The van der Waals surface area contributed by atoms with Crippen molar-refractivity contribution in [1.82, 2.24) is 4.90 Å². The van der Waals surface area contributed by atoms with Crippen LogP contribution in [0.2, 0.25) is 0 Å². The van der Waals surface area contributed by atoms with Gasteiger partial charge in [-0.1, -0.05) is 0 Å². The van der Waals surface area contributed by atoms with Crippen LogP contribution in [0.15, 0.2) is 0 Å². The van der Waals surface area contributed by atoms with Crippen LogP contribution in [0.3, 0.4) is 0 Å². The van der Waals surface area contributed by atoms with Crippen LogP contribution < -0.4 is 0 Å². The number of carboxylic acid groups (broad SMARTS) is 1. The van der Waals surface area contributed by atoms with Gasteiger partial charge < -0.3 is 19.5 Å². The largest absolute Gasteiger partial charge is 0.481 e. The fourth-order valence-corrected chi connectivity index (χ4v) is 1.39. The average Bonchev–Trinajstić information content (AvgIpc) is 2.61. The van der Waals surface area contributed by atoms with E-state index in [-0.39, 0.29) is 12.0 Å². The molecule has 1 unspecified atom stereocenters. The van der Waals surface area contributed by atoms with Gasteiger partial charge in [0, 0.05) is 25.9 Å². The molecule has 0 aliphatic carbocycles. The Balaban J connectivity index is 0.000000631. The molecular weight excluding hydrogens is 238 g/mol. The van der Waals surface area contributed by atoms with E-state index < -0.39 is 11.6 Å². The van der Waals surface area contributed by atoms with Gasteiger partial charge in [-0.3, -0.25) is 4.79 Å². The summed E-state index contributed by atoms with van der Waals surface area (Å²) in [6, 6.07) is 0. The maximum absolute atomic E-state index is 11.5. The lowest BCUT2D eigenvalue weighted by Crippen LogP contribution is -2.35. The molecule has 0 spiro atoms. The monoisotopic (exact) mass is 259 g/mol. The lowest BCUT2D eigenvalue weighted by molar-refractivity contribution is -0.134. The van der Waals surface area contributed by atoms with E-state index >= 15 is 0 Å². The molecule has 104 valence electrons. The van der Waals surface area contributed by atoms with Crippen molar-refractivity contribution in [3.8, 4) is 0 Å². The second kappa shape index (κ2) is 6.98. The Morgan fingerprint density at radius 2 is 1.89 bits per heavy atom. The summed E-state index contributed by atoms with van der Waals surface area (Å²) in [5.41, 5.74) is -0.462. The molecule has 0 saturated carbocycles. The van der Waals surface area contributed by atoms with Gasteiger partial charge in [0.1, 0.15) is 11.9 Å². The molecule has 0 bridgehead atoms. The van der Waals surface area contributed by atoms with E-state index in [9.17, 15) is 9.59 Å². The number of carbonyl (C=O) groups is 3. The molecule has 6 nitrogen and oxygen atoms in total. The molecule has 1 aliphatic rings. The van der Waals surface area contributed by atoms with Crippen LogP contribution in [-0.2, 0) is 14.3 Å². The van der Waals surface area contributed by atoms with E-state index in [1.54, 1.807) is 4.90 Å². The number of likely N-dealkylation sites (tertiary alicyclic amines) is 1. The van der Waals surface area contributed by atoms with Crippen LogP contribution >= 0.6 is 0 Å². The minimum absolute atomic E-state index is 0.0116. The van der Waals surface area contributed by atoms with Crippen LogP contribution in [0.1, 0.15) is 34.1 Å². The van der Waals surface area contributed by atoms with Crippen molar-refractivity contribution in [2.75, 3.05) is 13.1 Å². The first-order valence-corrected chi connectivity index (χ1v) is 5.78. The van der Waals surface area contributed by atoms with Crippen LogP contribution in [0, 0.1) is 5.92 Å². The maximum Gasteiger partial charge on any atom is 0.410 e. The number of aldehydes is 1. The van der Waals surface area contributed by atoms with Gasteiger partial charge in [0.25, 0.3) is 5.97 Å².